The van der Waals surface area contributed by atoms with Gasteiger partial charge in [-0.15, -0.1) is 0 Å². The van der Waals surface area contributed by atoms with E-state index in [1.165, 1.54) is 4.90 Å². The van der Waals surface area contributed by atoms with Crippen molar-refractivity contribution in [3.05, 3.63) is 39.7 Å². The minimum atomic E-state index is -0.738. The van der Waals surface area contributed by atoms with E-state index in [1.54, 1.807) is 6.92 Å². The van der Waals surface area contributed by atoms with Gasteiger partial charge in [0.2, 0.25) is 0 Å². The van der Waals surface area contributed by atoms with E-state index in [0.717, 1.165) is 18.2 Å². The van der Waals surface area contributed by atoms with Crippen LogP contribution in [-0.2, 0) is 0 Å². The highest BCUT2D eigenvalue weighted by Gasteiger charge is 2.21. The van der Waals surface area contributed by atoms with Crippen molar-refractivity contribution in [2.24, 2.45) is 5.92 Å². The lowest BCUT2D eigenvalue weighted by Gasteiger charge is -2.23. The largest absolute Gasteiger partial charge is 0.339 e. The molecule has 104 valence electrons. The third-order valence-corrected chi connectivity index (χ3v) is 2.65. The molecule has 1 aromatic rings. The molecule has 5 nitrogen and oxygen atoms in total. The van der Waals surface area contributed by atoms with E-state index in [1.807, 2.05) is 13.8 Å². The molecule has 0 saturated carbocycles. The number of hydrogen-bond donors (Lipinski definition) is 0. The second kappa shape index (κ2) is 6.26. The average molecular weight is 268 g/mol. The third-order valence-electron chi connectivity index (χ3n) is 2.65. The lowest BCUT2D eigenvalue weighted by Crippen LogP contribution is -2.34. The molecule has 19 heavy (non-hydrogen) atoms. The predicted octanol–water partition coefficient (Wildman–Crippen LogP) is 2.85. The lowest BCUT2D eigenvalue weighted by molar-refractivity contribution is -0.384. The van der Waals surface area contributed by atoms with Crippen LogP contribution in [0.15, 0.2) is 18.2 Å². The first-order valence-electron chi connectivity index (χ1n) is 6.10. The molecule has 0 N–H and O–H groups in total. The minimum Gasteiger partial charge on any atom is -0.339 e. The van der Waals surface area contributed by atoms with Crippen LogP contribution in [0.5, 0.6) is 0 Å². The maximum Gasteiger partial charge on any atom is 0.270 e. The first kappa shape index (κ1) is 15.1. The van der Waals surface area contributed by atoms with Gasteiger partial charge in [-0.2, -0.15) is 0 Å². The van der Waals surface area contributed by atoms with E-state index in [2.05, 4.69) is 0 Å². The monoisotopic (exact) mass is 268 g/mol. The van der Waals surface area contributed by atoms with Crippen molar-refractivity contribution in [2.45, 2.75) is 20.8 Å². The van der Waals surface area contributed by atoms with Gasteiger partial charge in [-0.25, -0.2) is 4.39 Å². The molecule has 0 aliphatic heterocycles. The number of non-ortho nitro benzene ring substituents is 1. The zero-order valence-corrected chi connectivity index (χ0v) is 11.2. The molecule has 6 heteroatoms. The zero-order chi connectivity index (χ0) is 14.6. The van der Waals surface area contributed by atoms with Gasteiger partial charge in [-0.3, -0.25) is 14.9 Å². The summed E-state index contributed by atoms with van der Waals surface area (Å²) in [4.78, 5) is 23.7. The minimum absolute atomic E-state index is 0.241. The fourth-order valence-electron chi connectivity index (χ4n) is 1.76. The van der Waals surface area contributed by atoms with Crippen LogP contribution in [0.3, 0.4) is 0 Å². The SMILES string of the molecule is CCN(CC(C)C)C(=O)c1cc([N+](=O)[O-])ccc1F. The Bertz CT molecular complexity index is 489. The van der Waals surface area contributed by atoms with Crippen molar-refractivity contribution >= 4 is 11.6 Å². The number of nitro benzene ring substituents is 1. The Labute approximate surface area is 111 Å². The molecule has 0 unspecified atom stereocenters. The average Bonchev–Trinajstić information content (AvgIpc) is 2.35. The predicted molar refractivity (Wildman–Crippen MR) is 69.5 cm³/mol. The first-order valence-corrected chi connectivity index (χ1v) is 6.10. The molecule has 1 aromatic carbocycles. The smallest absolute Gasteiger partial charge is 0.270 e. The van der Waals surface area contributed by atoms with Crippen LogP contribution in [0, 0.1) is 21.8 Å². The van der Waals surface area contributed by atoms with Crippen LogP contribution in [0.25, 0.3) is 0 Å². The number of amides is 1. The van der Waals surface area contributed by atoms with Crippen LogP contribution in [0.1, 0.15) is 31.1 Å². The number of halogens is 1. The molecule has 0 fully saturated rings. The molecule has 0 atom stereocenters. The lowest BCUT2D eigenvalue weighted by atomic mass is 10.1. The van der Waals surface area contributed by atoms with Gasteiger partial charge in [0, 0.05) is 25.2 Å². The summed E-state index contributed by atoms with van der Waals surface area (Å²) in [6.07, 6.45) is 0. The highest BCUT2D eigenvalue weighted by Crippen LogP contribution is 2.19. The van der Waals surface area contributed by atoms with Gasteiger partial charge in [0.25, 0.3) is 11.6 Å². The molecule has 0 aliphatic rings. The normalized spacial score (nSPS) is 10.6. The van der Waals surface area contributed by atoms with Gasteiger partial charge in [0.15, 0.2) is 0 Å². The standard InChI is InChI=1S/C13H17FN2O3/c1-4-15(8-9(2)3)13(17)11-7-10(16(18)19)5-6-12(11)14/h5-7,9H,4,8H2,1-3H3. The highest BCUT2D eigenvalue weighted by atomic mass is 19.1. The van der Waals surface area contributed by atoms with Gasteiger partial charge in [-0.1, -0.05) is 13.8 Å². The first-order chi connectivity index (χ1) is 8.86. The van der Waals surface area contributed by atoms with E-state index in [9.17, 15) is 19.3 Å². The number of benzene rings is 1. The summed E-state index contributed by atoms with van der Waals surface area (Å²) in [6, 6.07) is 2.99. The quantitative estimate of drug-likeness (QED) is 0.609. The van der Waals surface area contributed by atoms with Gasteiger partial charge in [-0.05, 0) is 18.9 Å². The van der Waals surface area contributed by atoms with Crippen LogP contribution in [0.2, 0.25) is 0 Å². The molecular weight excluding hydrogens is 251 g/mol. The number of carbonyl (C=O) groups is 1. The molecule has 0 spiro atoms. The molecular formula is C13H17FN2O3. The summed E-state index contributed by atoms with van der Waals surface area (Å²) >= 11 is 0. The second-order valence-electron chi connectivity index (χ2n) is 4.66. The molecule has 0 aliphatic carbocycles. The van der Waals surface area contributed by atoms with Crippen molar-refractivity contribution < 1.29 is 14.1 Å². The highest BCUT2D eigenvalue weighted by molar-refractivity contribution is 5.95. The Morgan fingerprint density at radius 1 is 1.47 bits per heavy atom. The van der Waals surface area contributed by atoms with E-state index < -0.39 is 16.6 Å². The van der Waals surface area contributed by atoms with Crippen molar-refractivity contribution in [1.82, 2.24) is 4.90 Å². The molecule has 0 saturated heterocycles. The summed E-state index contributed by atoms with van der Waals surface area (Å²) in [7, 11) is 0. The Kier molecular flexibility index (Phi) is 4.97. The summed E-state index contributed by atoms with van der Waals surface area (Å²) in [6.45, 7) is 6.59. The fourth-order valence-corrected chi connectivity index (χ4v) is 1.76. The topological polar surface area (TPSA) is 63.5 Å². The van der Waals surface area contributed by atoms with Gasteiger partial charge >= 0.3 is 0 Å². The Balaban J connectivity index is 3.09. The van der Waals surface area contributed by atoms with Crippen molar-refractivity contribution in [1.29, 1.82) is 0 Å². The molecule has 0 radical (unpaired) electrons. The van der Waals surface area contributed by atoms with Gasteiger partial charge in [0.1, 0.15) is 5.82 Å². The number of nitrogens with zero attached hydrogens (tertiary/aromatic N) is 2. The Morgan fingerprint density at radius 3 is 2.58 bits per heavy atom. The second-order valence-corrected chi connectivity index (χ2v) is 4.66. The molecule has 0 bridgehead atoms. The zero-order valence-electron chi connectivity index (χ0n) is 11.2. The number of nitro groups is 1. The van der Waals surface area contributed by atoms with Crippen LogP contribution < -0.4 is 0 Å². The molecule has 1 rings (SSSR count). The maximum absolute atomic E-state index is 13.6. The summed E-state index contributed by atoms with van der Waals surface area (Å²) < 4.78 is 13.6. The van der Waals surface area contributed by atoms with E-state index >= 15 is 0 Å². The van der Waals surface area contributed by atoms with E-state index in [4.69, 9.17) is 0 Å². The van der Waals surface area contributed by atoms with E-state index in [0.29, 0.717) is 13.1 Å². The molecule has 1 amide bonds. The fraction of sp³-hybridized carbons (Fsp3) is 0.462. The van der Waals surface area contributed by atoms with Crippen LogP contribution in [0.4, 0.5) is 10.1 Å². The van der Waals surface area contributed by atoms with Crippen molar-refractivity contribution in [3.8, 4) is 0 Å². The van der Waals surface area contributed by atoms with Crippen LogP contribution >= 0.6 is 0 Å². The number of hydrogen-bond acceptors (Lipinski definition) is 3. The maximum atomic E-state index is 13.6. The Hall–Kier alpha value is -1.98. The van der Waals surface area contributed by atoms with Gasteiger partial charge in [0.05, 0.1) is 10.5 Å². The van der Waals surface area contributed by atoms with Crippen LogP contribution in [-0.4, -0.2) is 28.8 Å². The van der Waals surface area contributed by atoms with Crippen molar-refractivity contribution in [3.63, 3.8) is 0 Å². The van der Waals surface area contributed by atoms with E-state index in [-0.39, 0.29) is 17.2 Å². The third kappa shape index (κ3) is 3.74. The molecule has 0 heterocycles. The number of rotatable bonds is 5. The summed E-state index contributed by atoms with van der Waals surface area (Å²) in [5.74, 6) is -1.01. The Morgan fingerprint density at radius 2 is 2.11 bits per heavy atom. The van der Waals surface area contributed by atoms with Gasteiger partial charge < -0.3 is 4.90 Å². The number of carbonyl (C=O) groups excluding carboxylic acids is 1. The summed E-state index contributed by atoms with van der Waals surface area (Å²) in [5.41, 5.74) is -0.540. The van der Waals surface area contributed by atoms with Crippen molar-refractivity contribution in [2.75, 3.05) is 13.1 Å². The summed E-state index contributed by atoms with van der Waals surface area (Å²) in [5, 5.41) is 10.7. The molecule has 0 aromatic heterocycles.